The number of nitrogens with two attached hydrogens (primary N) is 1. The SMILES string of the molecule is NCCCC[C@H](NC(=O)OCc1ccccc1)C(O)C(=O)O. The number of aliphatic hydroxyl groups excluding tert-OH is 1. The maximum atomic E-state index is 11.7. The van der Waals surface area contributed by atoms with Gasteiger partial charge in [-0.3, -0.25) is 0 Å². The van der Waals surface area contributed by atoms with Crippen LogP contribution < -0.4 is 11.1 Å². The molecule has 0 bridgehead atoms. The molecule has 0 aromatic heterocycles. The number of carbonyl (C=O) groups excluding carboxylic acids is 1. The van der Waals surface area contributed by atoms with Crippen molar-refractivity contribution >= 4 is 12.1 Å². The van der Waals surface area contributed by atoms with Gasteiger partial charge < -0.3 is 26.0 Å². The van der Waals surface area contributed by atoms with E-state index in [1.807, 2.05) is 18.2 Å². The van der Waals surface area contributed by atoms with Gasteiger partial charge in [0.2, 0.25) is 0 Å². The summed E-state index contributed by atoms with van der Waals surface area (Å²) in [5.74, 6) is -1.39. The quantitative estimate of drug-likeness (QED) is 0.502. The molecule has 7 nitrogen and oxygen atoms in total. The number of alkyl carbamates (subject to hydrolysis) is 1. The van der Waals surface area contributed by atoms with Crippen molar-refractivity contribution in [2.75, 3.05) is 6.54 Å². The fourth-order valence-electron chi connectivity index (χ4n) is 1.91. The Hall–Kier alpha value is -2.12. The van der Waals surface area contributed by atoms with Gasteiger partial charge in [0.1, 0.15) is 6.61 Å². The third-order valence-corrected chi connectivity index (χ3v) is 3.12. The van der Waals surface area contributed by atoms with Crippen molar-refractivity contribution in [3.63, 3.8) is 0 Å². The highest BCUT2D eigenvalue weighted by molar-refractivity contribution is 5.75. The van der Waals surface area contributed by atoms with Crippen LogP contribution in [0.4, 0.5) is 4.79 Å². The molecular formula is C15H22N2O5. The monoisotopic (exact) mass is 310 g/mol. The van der Waals surface area contributed by atoms with Crippen LogP contribution in [-0.4, -0.2) is 41.0 Å². The number of amides is 1. The third kappa shape index (κ3) is 6.55. The molecule has 0 aliphatic heterocycles. The van der Waals surface area contributed by atoms with Gasteiger partial charge >= 0.3 is 12.1 Å². The fourth-order valence-corrected chi connectivity index (χ4v) is 1.91. The third-order valence-electron chi connectivity index (χ3n) is 3.12. The molecule has 0 radical (unpaired) electrons. The van der Waals surface area contributed by atoms with E-state index in [4.69, 9.17) is 15.6 Å². The summed E-state index contributed by atoms with van der Waals surface area (Å²) in [6, 6.07) is 8.18. The number of hydrogen-bond donors (Lipinski definition) is 4. The molecule has 1 amide bonds. The summed E-state index contributed by atoms with van der Waals surface area (Å²) in [6.07, 6.45) is -0.844. The van der Waals surface area contributed by atoms with Crippen LogP contribution in [0.5, 0.6) is 0 Å². The van der Waals surface area contributed by atoms with Crippen LogP contribution in [0.3, 0.4) is 0 Å². The largest absolute Gasteiger partial charge is 0.479 e. The van der Waals surface area contributed by atoms with E-state index in [2.05, 4.69) is 5.32 Å². The highest BCUT2D eigenvalue weighted by atomic mass is 16.5. The fraction of sp³-hybridized carbons (Fsp3) is 0.467. The van der Waals surface area contributed by atoms with Crippen molar-refractivity contribution in [3.05, 3.63) is 35.9 Å². The highest BCUT2D eigenvalue weighted by Gasteiger charge is 2.27. The first kappa shape index (κ1) is 17.9. The molecule has 1 aromatic rings. The zero-order valence-corrected chi connectivity index (χ0v) is 12.3. The van der Waals surface area contributed by atoms with Gasteiger partial charge in [0.15, 0.2) is 6.10 Å². The molecule has 0 fully saturated rings. The van der Waals surface area contributed by atoms with Gasteiger partial charge in [0.25, 0.3) is 0 Å². The summed E-state index contributed by atoms with van der Waals surface area (Å²) in [5.41, 5.74) is 6.19. The summed E-state index contributed by atoms with van der Waals surface area (Å²) in [4.78, 5) is 22.6. The number of aliphatic carboxylic acids is 1. The molecule has 0 aliphatic carbocycles. The second-order valence-corrected chi connectivity index (χ2v) is 4.88. The van der Waals surface area contributed by atoms with Crippen LogP contribution in [0, 0.1) is 0 Å². The van der Waals surface area contributed by atoms with Crippen molar-refractivity contribution < 1.29 is 24.5 Å². The molecule has 1 rings (SSSR count). The standard InChI is InChI=1S/C15H22N2O5/c16-9-5-4-8-12(13(18)14(19)20)17-15(21)22-10-11-6-2-1-3-7-11/h1-3,6-7,12-13,18H,4-5,8-10,16H2,(H,17,21)(H,19,20)/t12-,13?/m0/s1. The Labute approximate surface area is 129 Å². The molecule has 2 atom stereocenters. The van der Waals surface area contributed by atoms with Gasteiger partial charge in [0, 0.05) is 0 Å². The Balaban J connectivity index is 2.48. The van der Waals surface area contributed by atoms with E-state index in [0.717, 1.165) is 5.56 Å². The highest BCUT2D eigenvalue weighted by Crippen LogP contribution is 2.07. The number of carbonyl (C=O) groups is 2. The molecule has 5 N–H and O–H groups in total. The second-order valence-electron chi connectivity index (χ2n) is 4.88. The van der Waals surface area contributed by atoms with E-state index >= 15 is 0 Å². The van der Waals surface area contributed by atoms with E-state index in [1.54, 1.807) is 12.1 Å². The molecule has 1 aromatic carbocycles. The Kier molecular flexibility index (Phi) is 7.95. The predicted octanol–water partition coefficient (Wildman–Crippen LogP) is 0.856. The number of nitrogens with one attached hydrogen (secondary N) is 1. The molecule has 122 valence electrons. The van der Waals surface area contributed by atoms with Gasteiger partial charge in [-0.1, -0.05) is 36.8 Å². The topological polar surface area (TPSA) is 122 Å². The first-order valence-corrected chi connectivity index (χ1v) is 7.12. The second kappa shape index (κ2) is 9.75. The maximum Gasteiger partial charge on any atom is 0.407 e. The molecule has 0 aliphatic rings. The van der Waals surface area contributed by atoms with Gasteiger partial charge in [-0.05, 0) is 24.9 Å². The van der Waals surface area contributed by atoms with E-state index in [1.165, 1.54) is 0 Å². The smallest absolute Gasteiger partial charge is 0.407 e. The number of benzene rings is 1. The van der Waals surface area contributed by atoms with Crippen LogP contribution in [0.25, 0.3) is 0 Å². The summed E-state index contributed by atoms with van der Waals surface area (Å²) < 4.78 is 5.02. The van der Waals surface area contributed by atoms with Crippen LogP contribution in [-0.2, 0) is 16.1 Å². The average molecular weight is 310 g/mol. The van der Waals surface area contributed by atoms with Gasteiger partial charge in [-0.2, -0.15) is 0 Å². The average Bonchev–Trinajstić information content (AvgIpc) is 2.52. The van der Waals surface area contributed by atoms with Crippen molar-refractivity contribution in [2.24, 2.45) is 5.73 Å². The van der Waals surface area contributed by atoms with Crippen LogP contribution in [0.15, 0.2) is 30.3 Å². The van der Waals surface area contributed by atoms with E-state index in [0.29, 0.717) is 25.8 Å². The molecule has 0 saturated heterocycles. The minimum atomic E-state index is -1.68. The molecule has 1 unspecified atom stereocenters. The summed E-state index contributed by atoms with van der Waals surface area (Å²) in [5, 5.41) is 20.9. The van der Waals surface area contributed by atoms with Crippen molar-refractivity contribution in [1.82, 2.24) is 5.32 Å². The number of unbranched alkanes of at least 4 members (excludes halogenated alkanes) is 1. The van der Waals surface area contributed by atoms with Crippen molar-refractivity contribution in [1.29, 1.82) is 0 Å². The van der Waals surface area contributed by atoms with Gasteiger partial charge in [0.05, 0.1) is 6.04 Å². The number of aliphatic hydroxyl groups is 1. The van der Waals surface area contributed by atoms with Crippen LogP contribution >= 0.6 is 0 Å². The lowest BCUT2D eigenvalue weighted by atomic mass is 10.0. The first-order valence-electron chi connectivity index (χ1n) is 7.12. The molecule has 0 heterocycles. The predicted molar refractivity (Wildman–Crippen MR) is 80.1 cm³/mol. The number of carboxylic acids is 1. The minimum Gasteiger partial charge on any atom is -0.479 e. The lowest BCUT2D eigenvalue weighted by Crippen LogP contribution is -2.47. The number of hydrogen-bond acceptors (Lipinski definition) is 5. The Morgan fingerprint density at radius 1 is 1.23 bits per heavy atom. The van der Waals surface area contributed by atoms with Crippen molar-refractivity contribution in [2.45, 2.75) is 38.0 Å². The molecule has 7 heteroatoms. The lowest BCUT2D eigenvalue weighted by Gasteiger charge is -2.21. The summed E-state index contributed by atoms with van der Waals surface area (Å²) in [7, 11) is 0. The lowest BCUT2D eigenvalue weighted by molar-refractivity contribution is -0.148. The zero-order valence-electron chi connectivity index (χ0n) is 12.3. The number of rotatable bonds is 9. The minimum absolute atomic E-state index is 0.0748. The van der Waals surface area contributed by atoms with Gasteiger partial charge in [-0.25, -0.2) is 9.59 Å². The van der Waals surface area contributed by atoms with E-state index < -0.39 is 24.2 Å². The molecule has 0 spiro atoms. The van der Waals surface area contributed by atoms with Crippen molar-refractivity contribution in [3.8, 4) is 0 Å². The maximum absolute atomic E-state index is 11.7. The van der Waals surface area contributed by atoms with Crippen LogP contribution in [0.2, 0.25) is 0 Å². The van der Waals surface area contributed by atoms with Gasteiger partial charge in [-0.15, -0.1) is 0 Å². The van der Waals surface area contributed by atoms with E-state index in [9.17, 15) is 14.7 Å². The Morgan fingerprint density at radius 2 is 1.91 bits per heavy atom. The molecule has 0 saturated carbocycles. The normalized spacial score (nSPS) is 13.2. The molecule has 22 heavy (non-hydrogen) atoms. The Bertz CT molecular complexity index is 466. The van der Waals surface area contributed by atoms with E-state index in [-0.39, 0.29) is 6.61 Å². The summed E-state index contributed by atoms with van der Waals surface area (Å²) in [6.45, 7) is 0.541. The first-order chi connectivity index (χ1) is 10.5. The number of ether oxygens (including phenoxy) is 1. The zero-order chi connectivity index (χ0) is 16.4. The summed E-state index contributed by atoms with van der Waals surface area (Å²) >= 11 is 0. The molecular weight excluding hydrogens is 288 g/mol. The Morgan fingerprint density at radius 3 is 2.50 bits per heavy atom. The number of carboxylic acid groups (broad SMARTS) is 1. The van der Waals surface area contributed by atoms with Crippen LogP contribution in [0.1, 0.15) is 24.8 Å².